The maximum Gasteiger partial charge on any atom is 1.00 e. The molecule has 3 unspecified atom stereocenters. The average molecular weight is 1250 g/mol. The Bertz CT molecular complexity index is 2880. The van der Waals surface area contributed by atoms with Crippen LogP contribution in [0.25, 0.3) is 0 Å². The second-order valence-electron chi connectivity index (χ2n) is 16.6. The number of nitrogens with two attached hydrogens (primary N) is 1. The Kier molecular flexibility index (Phi) is 45.0. The maximum atomic E-state index is 13.3. The Balaban J connectivity index is -0.000000928. The van der Waals surface area contributed by atoms with Crippen LogP contribution >= 0.6 is 46.4 Å². The van der Waals surface area contributed by atoms with Gasteiger partial charge in [0, 0.05) is 75.5 Å². The molecule has 0 spiro atoms. The molecule has 0 bridgehead atoms. The molecule has 16 nitrogen and oxygen atoms in total. The number of rotatable bonds is 13. The summed E-state index contributed by atoms with van der Waals surface area (Å²) in [6.45, 7) is 13.7. The third-order valence-electron chi connectivity index (χ3n) is 10.0. The van der Waals surface area contributed by atoms with E-state index in [1.54, 1.807) is 49.4 Å². The number of phenolic OH excluding ortho intramolecular Hbond substituents is 2. The quantitative estimate of drug-likeness (QED) is 0.0108. The van der Waals surface area contributed by atoms with Crippen molar-refractivity contribution < 1.29 is 101 Å². The van der Waals surface area contributed by atoms with Gasteiger partial charge in [-0.15, -0.1) is 0 Å². The summed E-state index contributed by atoms with van der Waals surface area (Å²) >= 11 is 22.3. The number of benzene rings is 6. The third-order valence-corrected chi connectivity index (χ3v) is 11.2. The number of hydrogen-bond acceptors (Lipinski definition) is 16. The summed E-state index contributed by atoms with van der Waals surface area (Å²) in [6.07, 6.45) is 3.25. The molecule has 0 aliphatic carbocycles. The Hall–Kier alpha value is -6.29. The van der Waals surface area contributed by atoms with Crippen LogP contribution in [0.1, 0.15) is 56.5 Å². The van der Waals surface area contributed by atoms with E-state index in [0.717, 1.165) is 25.7 Å². The van der Waals surface area contributed by atoms with Gasteiger partial charge in [0.05, 0.1) is 47.5 Å². The molecule has 0 amide bonds. The topological polar surface area (TPSA) is 254 Å². The van der Waals surface area contributed by atoms with E-state index in [0.29, 0.717) is 41.1 Å². The van der Waals surface area contributed by atoms with Crippen molar-refractivity contribution in [2.24, 2.45) is 0 Å². The monoisotopic (exact) mass is 1240 g/mol. The van der Waals surface area contributed by atoms with Crippen molar-refractivity contribution in [3.63, 3.8) is 0 Å². The Morgan fingerprint density at radius 1 is 0.699 bits per heavy atom. The molecule has 1 fully saturated rings. The van der Waals surface area contributed by atoms with Crippen molar-refractivity contribution in [2.75, 3.05) is 61.9 Å². The molecule has 6 aromatic rings. The van der Waals surface area contributed by atoms with Gasteiger partial charge in [-0.1, -0.05) is 70.7 Å². The first-order chi connectivity index (χ1) is 38.4. The molecule has 443 valence electrons. The standard InChI is InChI=1S/C16H17ClFNO2.C10H11ClFNO2.C9H11ClFNO.C7H6O2.C6H5ClFN.C4H6O3.C4H8O.CN.B.Na/c1-11(10-20)19(9-12-3-2-4-14(21)7-12)13-5-6-16(18)15(17)8-13;1-6(10(14)15-2)13-7-3-4-9(12)8(11)5-7;1-6(5-13)12-7-2-3-9(11)8(10)4-7;8-5-6-2-1-3-7(9)4-6;7-5-3-4(9)1-2-6(5)8;1-3(5)4(6)7-2;1-2-4-5-3-1;1-2;;/h2-8,11,20-21H,9-10H2,1H3;3-6,13H,1-2H3;2-4,6,12-13H,5H2,1H3;1-5,9H;1-3H,9H2;1-2H3;1-4H2;;;/q;;;;;;;-1;;+1. The number of carbonyl (C=O) groups is 4. The first kappa shape index (κ1) is 80.9. The molecule has 6 aromatic carbocycles. The molecule has 3 radical (unpaired) electrons. The number of Topliss-reactive ketones (excluding diaryl/α,β-unsaturated/α-hetero) is 1. The van der Waals surface area contributed by atoms with Crippen LogP contribution < -0.4 is 50.8 Å². The van der Waals surface area contributed by atoms with E-state index in [2.05, 4.69) is 20.1 Å². The van der Waals surface area contributed by atoms with E-state index in [1.165, 1.54) is 99.9 Å². The van der Waals surface area contributed by atoms with Crippen LogP contribution in [-0.2, 0) is 35.1 Å². The molecule has 7 rings (SSSR count). The SMILES string of the molecule is C1CCOC1.CC(CO)N(Cc1cccc(O)c1)c1ccc(F)c(Cl)c1.CC(CO)Nc1ccc(F)c(Cl)c1.COC(=O)C(C)=O.COC(=O)C(C)Nc1ccc(F)c(Cl)c1.Nc1ccc(F)c(Cl)c1.O=Cc1cccc(O)c1.[B].[C-]#N.[Na+]. The largest absolute Gasteiger partial charge is 1.00 e. The number of aldehydes is 1. The zero-order chi connectivity index (χ0) is 61.6. The predicted molar refractivity (Wildman–Crippen MR) is 313 cm³/mol. The van der Waals surface area contributed by atoms with Gasteiger partial charge in [-0.05, 0) is 136 Å². The molecule has 1 aliphatic rings. The minimum atomic E-state index is -0.792. The van der Waals surface area contributed by atoms with E-state index in [4.69, 9.17) is 78.9 Å². The Labute approximate surface area is 525 Å². The number of esters is 2. The number of ketones is 1. The van der Waals surface area contributed by atoms with E-state index < -0.39 is 47.0 Å². The van der Waals surface area contributed by atoms with Crippen molar-refractivity contribution in [1.29, 1.82) is 5.26 Å². The molecule has 8 N–H and O–H groups in total. The Morgan fingerprint density at radius 2 is 1.17 bits per heavy atom. The average Bonchev–Trinajstić information content (AvgIpc) is 4.11. The maximum absolute atomic E-state index is 13.3. The van der Waals surface area contributed by atoms with Gasteiger partial charge in [-0.2, -0.15) is 0 Å². The molecular weight excluding hydrogens is 1180 g/mol. The molecular formula is C57H64BCl4F4N5NaO11. The number of aromatic hydroxyl groups is 2. The van der Waals surface area contributed by atoms with Crippen LogP contribution in [-0.4, -0.2) is 112 Å². The second kappa shape index (κ2) is 46.1. The van der Waals surface area contributed by atoms with E-state index >= 15 is 0 Å². The summed E-state index contributed by atoms with van der Waals surface area (Å²) in [5, 5.41) is 48.7. The van der Waals surface area contributed by atoms with Crippen molar-refractivity contribution in [3.05, 3.63) is 182 Å². The second-order valence-corrected chi connectivity index (χ2v) is 18.2. The van der Waals surface area contributed by atoms with Crippen molar-refractivity contribution >= 4 is 102 Å². The van der Waals surface area contributed by atoms with Gasteiger partial charge in [0.1, 0.15) is 47.1 Å². The number of anilines is 4. The smallest absolute Gasteiger partial charge is 0.512 e. The summed E-state index contributed by atoms with van der Waals surface area (Å²) in [6, 6.07) is 29.3. The van der Waals surface area contributed by atoms with Crippen LogP contribution in [0.3, 0.4) is 0 Å². The third kappa shape index (κ3) is 34.8. The number of aliphatic hydroxyl groups excluding tert-OH is 2. The predicted octanol–water partition coefficient (Wildman–Crippen LogP) is 8.83. The molecule has 1 heterocycles. The zero-order valence-electron chi connectivity index (χ0n) is 46.5. The van der Waals surface area contributed by atoms with Crippen LogP contribution in [0.4, 0.5) is 40.3 Å². The molecule has 0 saturated carbocycles. The number of nitrogens with zero attached hydrogens (tertiary/aromatic N) is 2. The summed E-state index contributed by atoms with van der Waals surface area (Å²) in [5.41, 5.74) is 9.11. The first-order valence-corrected chi connectivity index (χ1v) is 25.5. The van der Waals surface area contributed by atoms with Gasteiger partial charge in [0.25, 0.3) is 0 Å². The zero-order valence-corrected chi connectivity index (χ0v) is 51.5. The van der Waals surface area contributed by atoms with Crippen molar-refractivity contribution in [1.82, 2.24) is 0 Å². The molecule has 83 heavy (non-hydrogen) atoms. The number of carbonyl (C=O) groups excluding carboxylic acids is 4. The summed E-state index contributed by atoms with van der Waals surface area (Å²) in [4.78, 5) is 42.9. The molecule has 26 heteroatoms. The number of phenols is 2. The van der Waals surface area contributed by atoms with Crippen LogP contribution in [0, 0.1) is 35.1 Å². The molecule has 1 aliphatic heterocycles. The Morgan fingerprint density at radius 3 is 1.53 bits per heavy atom. The minimum absolute atomic E-state index is 0. The van der Waals surface area contributed by atoms with Crippen LogP contribution in [0.2, 0.25) is 20.1 Å². The number of methoxy groups -OCH3 is 2. The molecule has 3 atom stereocenters. The number of halogens is 8. The summed E-state index contributed by atoms with van der Waals surface area (Å²) in [5.74, 6) is -3.30. The van der Waals surface area contributed by atoms with E-state index in [1.807, 2.05) is 24.8 Å². The van der Waals surface area contributed by atoms with Crippen LogP contribution in [0.5, 0.6) is 11.5 Å². The van der Waals surface area contributed by atoms with Crippen molar-refractivity contribution in [2.45, 2.75) is 65.2 Å². The van der Waals surface area contributed by atoms with Crippen molar-refractivity contribution in [3.8, 4) is 11.5 Å². The minimum Gasteiger partial charge on any atom is -0.512 e. The summed E-state index contributed by atoms with van der Waals surface area (Å²) in [7, 11) is 2.47. The normalized spacial score (nSPS) is 11.3. The van der Waals surface area contributed by atoms with Gasteiger partial charge in [0.2, 0.25) is 5.78 Å². The number of nitrogen functional groups attached to an aromatic ring is 1. The van der Waals surface area contributed by atoms with Gasteiger partial charge < -0.3 is 67.7 Å². The summed E-state index contributed by atoms with van der Waals surface area (Å²) < 4.78 is 64.6. The number of aliphatic hydroxyl groups is 2. The number of hydrogen-bond donors (Lipinski definition) is 7. The number of nitrogens with one attached hydrogen (secondary N) is 2. The van der Waals surface area contributed by atoms with Gasteiger partial charge in [-0.25, -0.2) is 27.2 Å². The van der Waals surface area contributed by atoms with E-state index in [9.17, 15) is 47.0 Å². The molecule has 1 saturated heterocycles. The fraction of sp³-hybridized carbons (Fsp3) is 0.281. The van der Waals surface area contributed by atoms with E-state index in [-0.39, 0.29) is 94.9 Å². The van der Waals surface area contributed by atoms with Gasteiger partial charge in [0.15, 0.2) is 0 Å². The number of ether oxygens (including phenoxy) is 3. The van der Waals surface area contributed by atoms with Gasteiger partial charge >= 0.3 is 41.5 Å². The molecule has 0 aromatic heterocycles. The van der Waals surface area contributed by atoms with Crippen LogP contribution in [0.15, 0.2) is 121 Å². The first-order valence-electron chi connectivity index (χ1n) is 24.0. The van der Waals surface area contributed by atoms with Gasteiger partial charge in [-0.3, -0.25) is 9.59 Å². The fourth-order valence-electron chi connectivity index (χ4n) is 5.87. The fourth-order valence-corrected chi connectivity index (χ4v) is 6.59.